The number of benzene rings is 1. The number of aryl methyl sites for hydroxylation is 1. The molecule has 2 aromatic rings. The first kappa shape index (κ1) is 9.45. The van der Waals surface area contributed by atoms with Gasteiger partial charge in [-0.15, -0.1) is 0 Å². The molecular weight excluding hydrogens is 190 g/mol. The number of aromatic nitrogens is 2. The normalized spacial score (nSPS) is 10.2. The van der Waals surface area contributed by atoms with Gasteiger partial charge in [0.15, 0.2) is 0 Å². The number of anilines is 1. The van der Waals surface area contributed by atoms with Gasteiger partial charge in [-0.3, -0.25) is 4.79 Å². The average molecular weight is 201 g/mol. The van der Waals surface area contributed by atoms with Crippen LogP contribution in [0.4, 0.5) is 5.69 Å². The standard InChI is InChI=1S/C11H11N3O/c1-7-2-3-8(12)4-9(7)10-5-14-11(15)6-13-10/h2-6H,12H2,1H3,(H,14,15). The summed E-state index contributed by atoms with van der Waals surface area (Å²) in [6, 6.07) is 5.61. The first-order valence-electron chi connectivity index (χ1n) is 4.58. The van der Waals surface area contributed by atoms with E-state index in [-0.39, 0.29) is 5.56 Å². The van der Waals surface area contributed by atoms with Gasteiger partial charge in [-0.2, -0.15) is 0 Å². The second-order valence-electron chi connectivity index (χ2n) is 3.37. The molecule has 4 heteroatoms. The van der Waals surface area contributed by atoms with Crippen molar-refractivity contribution < 1.29 is 0 Å². The highest BCUT2D eigenvalue weighted by atomic mass is 16.1. The van der Waals surface area contributed by atoms with Gasteiger partial charge < -0.3 is 10.7 Å². The molecule has 0 radical (unpaired) electrons. The lowest BCUT2D eigenvalue weighted by Gasteiger charge is -2.05. The van der Waals surface area contributed by atoms with E-state index in [2.05, 4.69) is 9.97 Å². The van der Waals surface area contributed by atoms with Gasteiger partial charge in [0, 0.05) is 17.4 Å². The van der Waals surface area contributed by atoms with E-state index in [0.29, 0.717) is 5.69 Å². The summed E-state index contributed by atoms with van der Waals surface area (Å²) < 4.78 is 0. The number of aromatic amines is 1. The van der Waals surface area contributed by atoms with E-state index in [1.165, 1.54) is 6.20 Å². The molecular formula is C11H11N3O. The van der Waals surface area contributed by atoms with Crippen LogP contribution < -0.4 is 11.3 Å². The van der Waals surface area contributed by atoms with E-state index in [1.807, 2.05) is 25.1 Å². The predicted octanol–water partition coefficient (Wildman–Crippen LogP) is 1.33. The van der Waals surface area contributed by atoms with Gasteiger partial charge in [0.05, 0.1) is 11.9 Å². The van der Waals surface area contributed by atoms with Gasteiger partial charge in [-0.25, -0.2) is 4.98 Å². The van der Waals surface area contributed by atoms with Crippen LogP contribution in [0.25, 0.3) is 11.3 Å². The number of hydrogen-bond acceptors (Lipinski definition) is 3. The van der Waals surface area contributed by atoms with Crippen molar-refractivity contribution in [3.8, 4) is 11.3 Å². The Hall–Kier alpha value is -2.10. The molecule has 1 aromatic heterocycles. The van der Waals surface area contributed by atoms with Crippen molar-refractivity contribution in [2.24, 2.45) is 0 Å². The van der Waals surface area contributed by atoms with Crippen molar-refractivity contribution in [3.63, 3.8) is 0 Å². The van der Waals surface area contributed by atoms with Gasteiger partial charge in [-0.1, -0.05) is 6.07 Å². The highest BCUT2D eigenvalue weighted by Crippen LogP contribution is 2.22. The predicted molar refractivity (Wildman–Crippen MR) is 59.4 cm³/mol. The number of nitrogens with one attached hydrogen (secondary N) is 1. The SMILES string of the molecule is Cc1ccc(N)cc1-c1c[nH]c(=O)cn1. The van der Waals surface area contributed by atoms with Gasteiger partial charge in [0.1, 0.15) is 0 Å². The maximum absolute atomic E-state index is 10.9. The minimum absolute atomic E-state index is 0.208. The Kier molecular flexibility index (Phi) is 2.25. The molecule has 76 valence electrons. The van der Waals surface area contributed by atoms with Crippen molar-refractivity contribution >= 4 is 5.69 Å². The first-order chi connectivity index (χ1) is 7.16. The summed E-state index contributed by atoms with van der Waals surface area (Å²) in [5.74, 6) is 0. The van der Waals surface area contributed by atoms with Crippen molar-refractivity contribution in [2.75, 3.05) is 5.73 Å². The third-order valence-corrected chi connectivity index (χ3v) is 2.21. The zero-order valence-corrected chi connectivity index (χ0v) is 8.32. The number of hydrogen-bond donors (Lipinski definition) is 2. The maximum Gasteiger partial charge on any atom is 0.266 e. The summed E-state index contributed by atoms with van der Waals surface area (Å²) in [4.78, 5) is 17.5. The molecule has 1 heterocycles. The molecule has 1 aromatic carbocycles. The molecule has 0 aliphatic rings. The monoisotopic (exact) mass is 201 g/mol. The summed E-state index contributed by atoms with van der Waals surface area (Å²) in [6.07, 6.45) is 2.85. The van der Waals surface area contributed by atoms with Crippen LogP contribution in [-0.4, -0.2) is 9.97 Å². The lowest BCUT2D eigenvalue weighted by atomic mass is 10.1. The maximum atomic E-state index is 10.9. The van der Waals surface area contributed by atoms with Crippen molar-refractivity contribution in [1.29, 1.82) is 0 Å². The molecule has 0 bridgehead atoms. The van der Waals surface area contributed by atoms with Gasteiger partial charge in [-0.05, 0) is 24.6 Å². The highest BCUT2D eigenvalue weighted by Gasteiger charge is 2.03. The van der Waals surface area contributed by atoms with Crippen LogP contribution in [0.3, 0.4) is 0 Å². The second kappa shape index (κ2) is 3.57. The Morgan fingerprint density at radius 2 is 2.20 bits per heavy atom. The fraction of sp³-hybridized carbons (Fsp3) is 0.0909. The number of nitrogens with zero attached hydrogens (tertiary/aromatic N) is 1. The summed E-state index contributed by atoms with van der Waals surface area (Å²) in [7, 11) is 0. The molecule has 0 aliphatic carbocycles. The largest absolute Gasteiger partial charge is 0.399 e. The average Bonchev–Trinajstić information content (AvgIpc) is 2.23. The fourth-order valence-electron chi connectivity index (χ4n) is 1.41. The smallest absolute Gasteiger partial charge is 0.266 e. The molecule has 0 unspecified atom stereocenters. The van der Waals surface area contributed by atoms with Crippen molar-refractivity contribution in [3.05, 3.63) is 46.5 Å². The van der Waals surface area contributed by atoms with Crippen LogP contribution in [-0.2, 0) is 0 Å². The molecule has 3 N–H and O–H groups in total. The molecule has 0 amide bonds. The Balaban J connectivity index is 2.58. The van der Waals surface area contributed by atoms with Crippen molar-refractivity contribution in [2.45, 2.75) is 6.92 Å². The van der Waals surface area contributed by atoms with Gasteiger partial charge in [0.25, 0.3) is 5.56 Å². The molecule has 0 spiro atoms. The Morgan fingerprint density at radius 3 is 2.87 bits per heavy atom. The van der Waals surface area contributed by atoms with E-state index >= 15 is 0 Å². The Bertz CT molecular complexity index is 525. The Morgan fingerprint density at radius 1 is 1.40 bits per heavy atom. The topological polar surface area (TPSA) is 71.8 Å². The molecule has 4 nitrogen and oxygen atoms in total. The first-order valence-corrected chi connectivity index (χ1v) is 4.58. The lowest BCUT2D eigenvalue weighted by Crippen LogP contribution is -2.04. The van der Waals surface area contributed by atoms with E-state index in [4.69, 9.17) is 5.73 Å². The minimum Gasteiger partial charge on any atom is -0.399 e. The second-order valence-corrected chi connectivity index (χ2v) is 3.37. The molecule has 0 aliphatic heterocycles. The molecule has 0 saturated heterocycles. The number of nitrogens with two attached hydrogens (primary N) is 1. The van der Waals surface area contributed by atoms with Crippen LogP contribution in [0.5, 0.6) is 0 Å². The van der Waals surface area contributed by atoms with E-state index in [9.17, 15) is 4.79 Å². The summed E-state index contributed by atoms with van der Waals surface area (Å²) in [5, 5.41) is 0. The summed E-state index contributed by atoms with van der Waals surface area (Å²) >= 11 is 0. The zero-order valence-electron chi connectivity index (χ0n) is 8.32. The van der Waals surface area contributed by atoms with E-state index in [1.54, 1.807) is 6.20 Å². The number of rotatable bonds is 1. The molecule has 0 fully saturated rings. The fourth-order valence-corrected chi connectivity index (χ4v) is 1.41. The zero-order chi connectivity index (χ0) is 10.8. The molecule has 15 heavy (non-hydrogen) atoms. The van der Waals surface area contributed by atoms with E-state index in [0.717, 1.165) is 16.8 Å². The van der Waals surface area contributed by atoms with Crippen LogP contribution in [0.1, 0.15) is 5.56 Å². The van der Waals surface area contributed by atoms with Crippen LogP contribution in [0.15, 0.2) is 35.4 Å². The number of H-pyrrole nitrogens is 1. The third-order valence-electron chi connectivity index (χ3n) is 2.21. The van der Waals surface area contributed by atoms with Crippen LogP contribution in [0, 0.1) is 6.92 Å². The van der Waals surface area contributed by atoms with Crippen molar-refractivity contribution in [1.82, 2.24) is 9.97 Å². The third kappa shape index (κ3) is 1.88. The van der Waals surface area contributed by atoms with E-state index < -0.39 is 0 Å². The van der Waals surface area contributed by atoms with Crippen LogP contribution >= 0.6 is 0 Å². The summed E-state index contributed by atoms with van der Waals surface area (Å²) in [5.41, 5.74) is 8.90. The highest BCUT2D eigenvalue weighted by molar-refractivity contribution is 5.67. The molecule has 0 atom stereocenters. The van der Waals surface area contributed by atoms with Gasteiger partial charge >= 0.3 is 0 Å². The quantitative estimate of drug-likeness (QED) is 0.683. The molecule has 0 saturated carbocycles. The number of nitrogen functional groups attached to an aromatic ring is 1. The summed E-state index contributed by atoms with van der Waals surface area (Å²) in [6.45, 7) is 1.97. The molecule has 2 rings (SSSR count). The van der Waals surface area contributed by atoms with Crippen LogP contribution in [0.2, 0.25) is 0 Å². The van der Waals surface area contributed by atoms with Gasteiger partial charge in [0.2, 0.25) is 0 Å². The minimum atomic E-state index is -0.208. The lowest BCUT2D eigenvalue weighted by molar-refractivity contribution is 1.14. The Labute approximate surface area is 86.8 Å².